The fraction of sp³-hybridized carbons (Fsp3) is 0.500. The van der Waals surface area contributed by atoms with E-state index in [1.807, 2.05) is 12.1 Å². The lowest BCUT2D eigenvalue weighted by Crippen LogP contribution is -2.34. The Balaban J connectivity index is 2.04. The van der Waals surface area contributed by atoms with E-state index >= 15 is 0 Å². The van der Waals surface area contributed by atoms with E-state index in [1.54, 1.807) is 6.07 Å². The summed E-state index contributed by atoms with van der Waals surface area (Å²) in [6.45, 7) is 2.88. The Morgan fingerprint density at radius 3 is 2.58 bits per heavy atom. The second-order valence-electron chi connectivity index (χ2n) is 5.04. The van der Waals surface area contributed by atoms with Crippen molar-refractivity contribution in [2.24, 2.45) is 17.4 Å². The number of benzene rings is 1. The first-order chi connectivity index (χ1) is 9.11. The van der Waals surface area contributed by atoms with Crippen LogP contribution in [0.5, 0.6) is 0 Å². The van der Waals surface area contributed by atoms with Crippen LogP contribution < -0.4 is 16.4 Å². The van der Waals surface area contributed by atoms with Crippen molar-refractivity contribution in [2.45, 2.75) is 19.3 Å². The van der Waals surface area contributed by atoms with Crippen LogP contribution in [0.3, 0.4) is 0 Å². The molecule has 2 rings (SSSR count). The molecule has 0 unspecified atom stereocenters. The second kappa shape index (κ2) is 6.39. The third kappa shape index (κ3) is 3.48. The van der Waals surface area contributed by atoms with Crippen molar-refractivity contribution >= 4 is 27.5 Å². The molecule has 1 amide bonds. The third-order valence-electron chi connectivity index (χ3n) is 3.77. The highest BCUT2D eigenvalue weighted by atomic mass is 79.9. The summed E-state index contributed by atoms with van der Waals surface area (Å²) < 4.78 is 0.765. The highest BCUT2D eigenvalue weighted by Gasteiger charge is 2.19. The predicted molar refractivity (Wildman–Crippen MR) is 81.3 cm³/mol. The molecule has 104 valence electrons. The average molecular weight is 326 g/mol. The average Bonchev–Trinajstić information content (AvgIpc) is 2.39. The van der Waals surface area contributed by atoms with Gasteiger partial charge in [-0.25, -0.2) is 0 Å². The molecule has 0 saturated carbocycles. The largest absolute Gasteiger partial charge is 0.371 e. The van der Waals surface area contributed by atoms with Gasteiger partial charge in [-0.05, 0) is 65.9 Å². The number of nitrogens with two attached hydrogens (primary N) is 2. The Kier molecular flexibility index (Phi) is 4.82. The van der Waals surface area contributed by atoms with Gasteiger partial charge in [-0.3, -0.25) is 4.79 Å². The summed E-state index contributed by atoms with van der Waals surface area (Å²) in [5.74, 6) is 0.356. The number of rotatable bonds is 4. The molecule has 0 radical (unpaired) electrons. The smallest absolute Gasteiger partial charge is 0.249 e. The van der Waals surface area contributed by atoms with Gasteiger partial charge in [0.25, 0.3) is 0 Å². The van der Waals surface area contributed by atoms with Crippen LogP contribution in [0.25, 0.3) is 0 Å². The molecule has 0 aliphatic carbocycles. The summed E-state index contributed by atoms with van der Waals surface area (Å²) >= 11 is 3.41. The Morgan fingerprint density at radius 2 is 2.05 bits per heavy atom. The summed E-state index contributed by atoms with van der Waals surface area (Å²) in [7, 11) is 0. The van der Waals surface area contributed by atoms with Crippen molar-refractivity contribution in [1.82, 2.24) is 0 Å². The zero-order valence-corrected chi connectivity index (χ0v) is 12.5. The lowest BCUT2D eigenvalue weighted by Gasteiger charge is -2.33. The molecule has 1 aromatic rings. The maximum atomic E-state index is 11.2. The number of hydrogen-bond donors (Lipinski definition) is 2. The molecule has 1 aliphatic rings. The van der Waals surface area contributed by atoms with Gasteiger partial charge in [-0.15, -0.1) is 0 Å². The van der Waals surface area contributed by atoms with Gasteiger partial charge >= 0.3 is 0 Å². The van der Waals surface area contributed by atoms with Crippen molar-refractivity contribution in [3.8, 4) is 0 Å². The van der Waals surface area contributed by atoms with E-state index in [4.69, 9.17) is 11.5 Å². The maximum absolute atomic E-state index is 11.2. The van der Waals surface area contributed by atoms with Crippen LogP contribution in [0, 0.1) is 5.92 Å². The SMILES string of the molecule is NCCC1CCN(c2ccc(C(N)=O)c(Br)c2)CC1. The van der Waals surface area contributed by atoms with Gasteiger partial charge in [0.1, 0.15) is 0 Å². The molecule has 0 atom stereocenters. The minimum Gasteiger partial charge on any atom is -0.371 e. The molecule has 0 bridgehead atoms. The highest BCUT2D eigenvalue weighted by Crippen LogP contribution is 2.28. The Morgan fingerprint density at radius 1 is 1.37 bits per heavy atom. The number of piperidine rings is 1. The summed E-state index contributed by atoms with van der Waals surface area (Å²) in [6.07, 6.45) is 3.50. The third-order valence-corrected chi connectivity index (χ3v) is 4.43. The fourth-order valence-corrected chi connectivity index (χ4v) is 3.18. The van der Waals surface area contributed by atoms with Gasteiger partial charge in [-0.2, -0.15) is 0 Å². The fourth-order valence-electron chi connectivity index (χ4n) is 2.62. The van der Waals surface area contributed by atoms with Gasteiger partial charge < -0.3 is 16.4 Å². The monoisotopic (exact) mass is 325 g/mol. The van der Waals surface area contributed by atoms with Crippen LogP contribution in [0.15, 0.2) is 22.7 Å². The molecule has 1 fully saturated rings. The first kappa shape index (κ1) is 14.3. The number of carbonyl (C=O) groups is 1. The first-order valence-corrected chi connectivity index (χ1v) is 7.45. The molecule has 1 saturated heterocycles. The van der Waals surface area contributed by atoms with Crippen LogP contribution in [0.2, 0.25) is 0 Å². The summed E-state index contributed by atoms with van der Waals surface area (Å²) in [4.78, 5) is 13.5. The number of halogens is 1. The van der Waals surface area contributed by atoms with E-state index in [-0.39, 0.29) is 0 Å². The lowest BCUT2D eigenvalue weighted by molar-refractivity contribution is 0.0999. The molecule has 5 heteroatoms. The molecule has 0 aromatic heterocycles. The predicted octanol–water partition coefficient (Wildman–Crippen LogP) is 2.11. The molecular formula is C14H20BrN3O. The number of anilines is 1. The lowest BCUT2D eigenvalue weighted by atomic mass is 9.93. The molecule has 4 nitrogen and oxygen atoms in total. The molecule has 1 aliphatic heterocycles. The maximum Gasteiger partial charge on any atom is 0.249 e. The van der Waals surface area contributed by atoms with Gasteiger partial charge in [0, 0.05) is 23.2 Å². The van der Waals surface area contributed by atoms with Crippen molar-refractivity contribution in [2.75, 3.05) is 24.5 Å². The minimum absolute atomic E-state index is 0.403. The summed E-state index contributed by atoms with van der Waals surface area (Å²) in [5, 5.41) is 0. The Hall–Kier alpha value is -1.07. The van der Waals surface area contributed by atoms with Crippen LogP contribution in [0.1, 0.15) is 29.6 Å². The number of nitrogens with zero attached hydrogens (tertiary/aromatic N) is 1. The Labute approximate surface area is 122 Å². The van der Waals surface area contributed by atoms with Gasteiger partial charge in [0.15, 0.2) is 0 Å². The standard InChI is InChI=1S/C14H20BrN3O/c15-13-9-11(1-2-12(13)14(17)19)18-7-4-10(3-6-16)5-8-18/h1-2,9-10H,3-8,16H2,(H2,17,19). The van der Waals surface area contributed by atoms with E-state index in [2.05, 4.69) is 20.8 Å². The second-order valence-corrected chi connectivity index (χ2v) is 5.89. The Bertz CT molecular complexity index is 456. The number of carbonyl (C=O) groups excluding carboxylic acids is 1. The highest BCUT2D eigenvalue weighted by molar-refractivity contribution is 9.10. The number of amides is 1. The zero-order chi connectivity index (χ0) is 13.8. The molecule has 0 spiro atoms. The van der Waals surface area contributed by atoms with Crippen molar-refractivity contribution in [3.63, 3.8) is 0 Å². The molecule has 1 aromatic carbocycles. The minimum atomic E-state index is -0.403. The van der Waals surface area contributed by atoms with E-state index in [0.717, 1.165) is 42.1 Å². The van der Waals surface area contributed by atoms with E-state index < -0.39 is 5.91 Å². The van der Waals surface area contributed by atoms with E-state index in [1.165, 1.54) is 12.8 Å². The summed E-state index contributed by atoms with van der Waals surface area (Å²) in [5.41, 5.74) is 12.6. The van der Waals surface area contributed by atoms with Crippen molar-refractivity contribution in [3.05, 3.63) is 28.2 Å². The van der Waals surface area contributed by atoms with Gasteiger partial charge in [-0.1, -0.05) is 0 Å². The van der Waals surface area contributed by atoms with Crippen LogP contribution in [-0.4, -0.2) is 25.5 Å². The molecule has 19 heavy (non-hydrogen) atoms. The van der Waals surface area contributed by atoms with Crippen molar-refractivity contribution < 1.29 is 4.79 Å². The quantitative estimate of drug-likeness (QED) is 0.890. The van der Waals surface area contributed by atoms with Crippen molar-refractivity contribution in [1.29, 1.82) is 0 Å². The van der Waals surface area contributed by atoms with Crippen LogP contribution in [0.4, 0.5) is 5.69 Å². The van der Waals surface area contributed by atoms with Gasteiger partial charge in [0.05, 0.1) is 5.56 Å². The molecule has 4 N–H and O–H groups in total. The summed E-state index contributed by atoms with van der Waals surface area (Å²) in [6, 6.07) is 5.73. The van der Waals surface area contributed by atoms with Gasteiger partial charge in [0.2, 0.25) is 5.91 Å². The first-order valence-electron chi connectivity index (χ1n) is 6.66. The molecule has 1 heterocycles. The zero-order valence-electron chi connectivity index (χ0n) is 10.9. The van der Waals surface area contributed by atoms with E-state index in [0.29, 0.717) is 5.56 Å². The van der Waals surface area contributed by atoms with Crippen LogP contribution >= 0.6 is 15.9 Å². The number of primary amides is 1. The van der Waals surface area contributed by atoms with E-state index in [9.17, 15) is 4.79 Å². The topological polar surface area (TPSA) is 72.3 Å². The number of hydrogen-bond acceptors (Lipinski definition) is 3. The van der Waals surface area contributed by atoms with Crippen LogP contribution in [-0.2, 0) is 0 Å². The molecular weight excluding hydrogens is 306 g/mol. The normalized spacial score (nSPS) is 16.6.